The van der Waals surface area contributed by atoms with Crippen LogP contribution >= 0.6 is 15.9 Å². The lowest BCUT2D eigenvalue weighted by molar-refractivity contribution is -0.117. The van der Waals surface area contributed by atoms with Crippen molar-refractivity contribution in [3.8, 4) is 5.75 Å². The minimum absolute atomic E-state index is 0.0783. The van der Waals surface area contributed by atoms with Crippen LogP contribution < -0.4 is 10.1 Å². The van der Waals surface area contributed by atoms with Crippen LogP contribution in [0.1, 0.15) is 24.1 Å². The van der Waals surface area contributed by atoms with Crippen LogP contribution in [0.2, 0.25) is 0 Å². The van der Waals surface area contributed by atoms with Crippen molar-refractivity contribution in [1.82, 2.24) is 5.32 Å². The van der Waals surface area contributed by atoms with Gasteiger partial charge < -0.3 is 10.1 Å². The highest BCUT2D eigenvalue weighted by Gasteiger charge is 2.10. The van der Waals surface area contributed by atoms with Gasteiger partial charge in [0.2, 0.25) is 5.91 Å². The number of hydrogen-bond donors (Lipinski definition) is 1. The van der Waals surface area contributed by atoms with E-state index in [-0.39, 0.29) is 11.9 Å². The predicted molar refractivity (Wildman–Crippen MR) is 92.7 cm³/mol. The Bertz CT molecular complexity index is 682. The highest BCUT2D eigenvalue weighted by molar-refractivity contribution is 9.10. The molecule has 0 aliphatic rings. The maximum atomic E-state index is 12.1. The number of amides is 1. The maximum Gasteiger partial charge on any atom is 0.244 e. The summed E-state index contributed by atoms with van der Waals surface area (Å²) in [5, 5.41) is 2.95. The van der Waals surface area contributed by atoms with E-state index in [9.17, 15) is 4.79 Å². The van der Waals surface area contributed by atoms with Gasteiger partial charge in [-0.3, -0.25) is 4.79 Å². The molecule has 0 heterocycles. The molecule has 0 radical (unpaired) electrons. The third-order valence-electron chi connectivity index (χ3n) is 3.28. The number of benzene rings is 2. The molecule has 4 heteroatoms. The van der Waals surface area contributed by atoms with Crippen molar-refractivity contribution in [2.45, 2.75) is 13.0 Å². The monoisotopic (exact) mass is 359 g/mol. The third-order valence-corrected chi connectivity index (χ3v) is 4.01. The lowest BCUT2D eigenvalue weighted by Crippen LogP contribution is -2.24. The van der Waals surface area contributed by atoms with Crippen LogP contribution in [-0.4, -0.2) is 13.0 Å². The summed E-state index contributed by atoms with van der Waals surface area (Å²) in [5.41, 5.74) is 1.91. The van der Waals surface area contributed by atoms with E-state index in [2.05, 4.69) is 21.2 Å². The van der Waals surface area contributed by atoms with Crippen molar-refractivity contribution in [2.24, 2.45) is 0 Å². The Kier molecular flexibility index (Phi) is 5.78. The van der Waals surface area contributed by atoms with Gasteiger partial charge in [-0.15, -0.1) is 0 Å². The molecule has 22 heavy (non-hydrogen) atoms. The summed E-state index contributed by atoms with van der Waals surface area (Å²) in [7, 11) is 1.61. The van der Waals surface area contributed by atoms with Gasteiger partial charge >= 0.3 is 0 Å². The minimum atomic E-state index is -0.144. The number of rotatable bonds is 5. The minimum Gasteiger partial charge on any atom is -0.496 e. The van der Waals surface area contributed by atoms with Crippen molar-refractivity contribution < 1.29 is 9.53 Å². The molecule has 2 aromatic carbocycles. The summed E-state index contributed by atoms with van der Waals surface area (Å²) < 4.78 is 6.24. The van der Waals surface area contributed by atoms with Gasteiger partial charge in [-0.05, 0) is 30.7 Å². The first-order chi connectivity index (χ1) is 10.6. The fourth-order valence-electron chi connectivity index (χ4n) is 2.14. The standard InChI is InChI=1S/C18H18BrNO2/c1-13(15-8-4-5-9-16(15)19)20-18(21)12-11-14-7-3-6-10-17(14)22-2/h3-13H,1-2H3,(H,20,21)/b12-11+. The van der Waals surface area contributed by atoms with Gasteiger partial charge in [-0.1, -0.05) is 52.3 Å². The van der Waals surface area contributed by atoms with Crippen LogP contribution in [0, 0.1) is 0 Å². The highest BCUT2D eigenvalue weighted by Crippen LogP contribution is 2.23. The van der Waals surface area contributed by atoms with Gasteiger partial charge in [0.1, 0.15) is 5.75 Å². The summed E-state index contributed by atoms with van der Waals surface area (Å²) in [6.07, 6.45) is 3.27. The van der Waals surface area contributed by atoms with Crippen LogP contribution in [0.25, 0.3) is 6.08 Å². The lowest BCUT2D eigenvalue weighted by Gasteiger charge is -2.14. The number of hydrogen-bond acceptors (Lipinski definition) is 2. The van der Waals surface area contributed by atoms with E-state index in [4.69, 9.17) is 4.74 Å². The summed E-state index contributed by atoms with van der Waals surface area (Å²) >= 11 is 3.50. The van der Waals surface area contributed by atoms with Crippen LogP contribution in [0.15, 0.2) is 59.1 Å². The number of para-hydroxylation sites is 1. The molecule has 1 N–H and O–H groups in total. The van der Waals surface area contributed by atoms with Crippen LogP contribution in [0.3, 0.4) is 0 Å². The first-order valence-corrected chi connectivity index (χ1v) is 7.77. The van der Waals surface area contributed by atoms with Gasteiger partial charge in [-0.2, -0.15) is 0 Å². The molecule has 0 aromatic heterocycles. The Morgan fingerprint density at radius 2 is 1.86 bits per heavy atom. The number of carbonyl (C=O) groups is 1. The molecular formula is C18H18BrNO2. The molecule has 0 spiro atoms. The molecule has 0 aliphatic carbocycles. The topological polar surface area (TPSA) is 38.3 Å². The number of halogens is 1. The maximum absolute atomic E-state index is 12.1. The second-order valence-electron chi connectivity index (χ2n) is 4.83. The normalized spacial score (nSPS) is 12.1. The fourth-order valence-corrected chi connectivity index (χ4v) is 2.76. The quantitative estimate of drug-likeness (QED) is 0.806. The molecular weight excluding hydrogens is 342 g/mol. The molecule has 2 aromatic rings. The number of nitrogens with one attached hydrogen (secondary N) is 1. The second-order valence-corrected chi connectivity index (χ2v) is 5.68. The molecule has 1 amide bonds. The zero-order valence-electron chi connectivity index (χ0n) is 12.5. The van der Waals surface area contributed by atoms with E-state index < -0.39 is 0 Å². The van der Waals surface area contributed by atoms with E-state index in [0.29, 0.717) is 0 Å². The van der Waals surface area contributed by atoms with Gasteiger partial charge in [0.15, 0.2) is 0 Å². The Morgan fingerprint density at radius 1 is 1.18 bits per heavy atom. The van der Waals surface area contributed by atoms with Crippen molar-refractivity contribution >= 4 is 27.9 Å². The van der Waals surface area contributed by atoms with Crippen molar-refractivity contribution in [1.29, 1.82) is 0 Å². The Balaban J connectivity index is 2.04. The number of ether oxygens (including phenoxy) is 1. The molecule has 0 saturated heterocycles. The fraction of sp³-hybridized carbons (Fsp3) is 0.167. The first-order valence-electron chi connectivity index (χ1n) is 6.98. The van der Waals surface area contributed by atoms with Gasteiger partial charge in [0.25, 0.3) is 0 Å². The van der Waals surface area contributed by atoms with E-state index in [1.807, 2.05) is 55.5 Å². The van der Waals surface area contributed by atoms with Crippen LogP contribution in [0.5, 0.6) is 5.75 Å². The molecule has 0 aliphatic heterocycles. The summed E-state index contributed by atoms with van der Waals surface area (Å²) in [6.45, 7) is 1.95. The lowest BCUT2D eigenvalue weighted by atomic mass is 10.1. The van der Waals surface area contributed by atoms with Gasteiger partial charge in [0.05, 0.1) is 13.2 Å². The van der Waals surface area contributed by atoms with Crippen LogP contribution in [-0.2, 0) is 4.79 Å². The van der Waals surface area contributed by atoms with Crippen molar-refractivity contribution in [3.05, 3.63) is 70.2 Å². The average Bonchev–Trinajstić information content (AvgIpc) is 2.53. The Labute approximate surface area is 139 Å². The van der Waals surface area contributed by atoms with Crippen LogP contribution in [0.4, 0.5) is 0 Å². The average molecular weight is 360 g/mol. The third kappa shape index (κ3) is 4.21. The van der Waals surface area contributed by atoms with Crippen molar-refractivity contribution in [2.75, 3.05) is 7.11 Å². The summed E-state index contributed by atoms with van der Waals surface area (Å²) in [6, 6.07) is 15.3. The van der Waals surface area contributed by atoms with E-state index in [0.717, 1.165) is 21.3 Å². The predicted octanol–water partition coefficient (Wildman–Crippen LogP) is 4.35. The van der Waals surface area contributed by atoms with Gasteiger partial charge in [0, 0.05) is 16.1 Å². The Morgan fingerprint density at radius 3 is 2.59 bits per heavy atom. The molecule has 3 nitrogen and oxygen atoms in total. The second kappa shape index (κ2) is 7.80. The number of methoxy groups -OCH3 is 1. The van der Waals surface area contributed by atoms with Gasteiger partial charge in [-0.25, -0.2) is 0 Å². The zero-order valence-corrected chi connectivity index (χ0v) is 14.1. The Hall–Kier alpha value is -2.07. The largest absolute Gasteiger partial charge is 0.496 e. The molecule has 0 bridgehead atoms. The molecule has 1 atom stereocenters. The first kappa shape index (κ1) is 16.3. The molecule has 0 fully saturated rings. The number of carbonyl (C=O) groups excluding carboxylic acids is 1. The highest BCUT2D eigenvalue weighted by atomic mass is 79.9. The zero-order chi connectivity index (χ0) is 15.9. The molecule has 114 valence electrons. The van der Waals surface area contributed by atoms with E-state index >= 15 is 0 Å². The molecule has 1 unspecified atom stereocenters. The summed E-state index contributed by atoms with van der Waals surface area (Å²) in [4.78, 5) is 12.1. The van der Waals surface area contributed by atoms with Crippen molar-refractivity contribution in [3.63, 3.8) is 0 Å². The van der Waals surface area contributed by atoms with E-state index in [1.165, 1.54) is 6.08 Å². The smallest absolute Gasteiger partial charge is 0.244 e. The van der Waals surface area contributed by atoms with E-state index in [1.54, 1.807) is 13.2 Å². The molecule has 0 saturated carbocycles. The summed E-state index contributed by atoms with van der Waals surface area (Å²) in [5.74, 6) is 0.597. The SMILES string of the molecule is COc1ccccc1/C=C/C(=O)NC(C)c1ccccc1Br. The molecule has 2 rings (SSSR count).